The molecule has 0 bridgehead atoms. The minimum atomic E-state index is -3.77. The summed E-state index contributed by atoms with van der Waals surface area (Å²) in [6.07, 6.45) is 3.18. The third-order valence-corrected chi connectivity index (χ3v) is 6.11. The molecule has 0 saturated carbocycles. The van der Waals surface area contributed by atoms with Crippen LogP contribution in [0.25, 0.3) is 0 Å². The van der Waals surface area contributed by atoms with E-state index in [0.717, 1.165) is 16.9 Å². The van der Waals surface area contributed by atoms with E-state index < -0.39 is 22.0 Å². The summed E-state index contributed by atoms with van der Waals surface area (Å²) in [5.41, 5.74) is 1.16. The molecule has 0 radical (unpaired) electrons. The predicted octanol–water partition coefficient (Wildman–Crippen LogP) is 2.19. The molecule has 0 aliphatic carbocycles. The summed E-state index contributed by atoms with van der Waals surface area (Å²) >= 11 is 0.746. The van der Waals surface area contributed by atoms with Gasteiger partial charge in [0, 0.05) is 18.4 Å². The zero-order chi connectivity index (χ0) is 15.6. The molecule has 0 unspecified atom stereocenters. The normalized spacial score (nSPS) is 13.0. The quantitative estimate of drug-likeness (QED) is 0.878. The Morgan fingerprint density at radius 3 is 2.71 bits per heavy atom. The summed E-state index contributed by atoms with van der Waals surface area (Å²) in [7, 11) is -3.77. The number of carboxylic acid groups (broad SMARTS) is 1. The van der Waals surface area contributed by atoms with Crippen LogP contribution < -0.4 is 4.72 Å². The number of nitrogens with zero attached hydrogens (tertiary/aromatic N) is 1. The Labute approximate surface area is 126 Å². The highest BCUT2D eigenvalue weighted by Crippen LogP contribution is 2.27. The molecule has 6 nitrogen and oxygen atoms in total. The molecule has 112 valence electrons. The molecule has 2 aromatic rings. The van der Waals surface area contributed by atoms with E-state index in [4.69, 9.17) is 5.11 Å². The average Bonchev–Trinajstić information content (AvgIpc) is 2.82. The first-order valence-electron chi connectivity index (χ1n) is 6.07. The Morgan fingerprint density at radius 2 is 2.19 bits per heavy atom. The minimum Gasteiger partial charge on any atom is -0.477 e. The van der Waals surface area contributed by atoms with Gasteiger partial charge in [0.05, 0.1) is 0 Å². The van der Waals surface area contributed by atoms with Crippen molar-refractivity contribution >= 4 is 27.3 Å². The van der Waals surface area contributed by atoms with Crippen molar-refractivity contribution < 1.29 is 18.3 Å². The SMILES string of the molecule is Cc1cc(S(=O)(=O)N[C@H](C)c2cccnc2)sc1C(=O)O. The molecule has 0 aliphatic heterocycles. The van der Waals surface area contributed by atoms with Gasteiger partial charge in [-0.25, -0.2) is 17.9 Å². The van der Waals surface area contributed by atoms with E-state index in [1.807, 2.05) is 0 Å². The molecule has 0 aliphatic rings. The maximum atomic E-state index is 12.3. The molecular weight excluding hydrogens is 312 g/mol. The molecular formula is C13H14N2O4S2. The van der Waals surface area contributed by atoms with Gasteiger partial charge in [-0.05, 0) is 37.1 Å². The molecule has 2 N–H and O–H groups in total. The van der Waals surface area contributed by atoms with E-state index in [1.54, 1.807) is 38.4 Å². The molecule has 1 atom stereocenters. The Hall–Kier alpha value is -1.77. The van der Waals surface area contributed by atoms with Gasteiger partial charge in [0.25, 0.3) is 10.0 Å². The summed E-state index contributed by atoms with van der Waals surface area (Å²) in [5.74, 6) is -1.13. The number of aromatic nitrogens is 1. The lowest BCUT2D eigenvalue weighted by Gasteiger charge is -2.13. The van der Waals surface area contributed by atoms with Gasteiger partial charge >= 0.3 is 5.97 Å². The number of nitrogens with one attached hydrogen (secondary N) is 1. The Morgan fingerprint density at radius 1 is 1.48 bits per heavy atom. The molecule has 2 rings (SSSR count). The lowest BCUT2D eigenvalue weighted by Crippen LogP contribution is -2.26. The fraction of sp³-hybridized carbons (Fsp3) is 0.231. The monoisotopic (exact) mass is 326 g/mol. The van der Waals surface area contributed by atoms with E-state index >= 15 is 0 Å². The van der Waals surface area contributed by atoms with Crippen LogP contribution in [-0.2, 0) is 10.0 Å². The zero-order valence-corrected chi connectivity index (χ0v) is 13.0. The number of pyridine rings is 1. The first-order chi connectivity index (χ1) is 9.81. The van der Waals surface area contributed by atoms with Crippen molar-refractivity contribution in [1.82, 2.24) is 9.71 Å². The molecule has 0 saturated heterocycles. The van der Waals surface area contributed by atoms with Crippen molar-refractivity contribution in [1.29, 1.82) is 0 Å². The van der Waals surface area contributed by atoms with Crippen molar-refractivity contribution in [3.63, 3.8) is 0 Å². The summed E-state index contributed by atoms with van der Waals surface area (Å²) < 4.78 is 27.1. The first-order valence-corrected chi connectivity index (χ1v) is 8.37. The lowest BCUT2D eigenvalue weighted by atomic mass is 10.2. The molecule has 0 fully saturated rings. The minimum absolute atomic E-state index is 0.00635. The van der Waals surface area contributed by atoms with Gasteiger partial charge in [-0.15, -0.1) is 11.3 Å². The fourth-order valence-corrected chi connectivity index (χ4v) is 4.42. The van der Waals surface area contributed by atoms with Crippen LogP contribution >= 0.6 is 11.3 Å². The van der Waals surface area contributed by atoms with Crippen LogP contribution in [0.5, 0.6) is 0 Å². The Balaban J connectivity index is 2.27. The third kappa shape index (κ3) is 3.46. The van der Waals surface area contributed by atoms with Crippen molar-refractivity contribution in [3.05, 3.63) is 46.6 Å². The van der Waals surface area contributed by atoms with Crippen LogP contribution in [0.4, 0.5) is 0 Å². The van der Waals surface area contributed by atoms with Gasteiger partial charge in [0.1, 0.15) is 9.09 Å². The maximum Gasteiger partial charge on any atom is 0.346 e. The smallest absolute Gasteiger partial charge is 0.346 e. The Bertz CT molecular complexity index is 754. The summed E-state index contributed by atoms with van der Waals surface area (Å²) in [4.78, 5) is 15.0. The second-order valence-corrected chi connectivity index (χ2v) is 7.51. The molecule has 0 spiro atoms. The lowest BCUT2D eigenvalue weighted by molar-refractivity contribution is 0.0701. The van der Waals surface area contributed by atoms with Gasteiger partial charge in [0.15, 0.2) is 0 Å². The highest BCUT2D eigenvalue weighted by molar-refractivity contribution is 7.91. The third-order valence-electron chi connectivity index (χ3n) is 2.87. The van der Waals surface area contributed by atoms with Crippen LogP contribution in [0.15, 0.2) is 34.8 Å². The van der Waals surface area contributed by atoms with Crippen LogP contribution in [-0.4, -0.2) is 24.5 Å². The number of hydrogen-bond acceptors (Lipinski definition) is 5. The number of carboxylic acids is 1. The van der Waals surface area contributed by atoms with Crippen LogP contribution in [0.3, 0.4) is 0 Å². The number of hydrogen-bond donors (Lipinski definition) is 2. The second-order valence-electron chi connectivity index (χ2n) is 4.51. The van der Waals surface area contributed by atoms with Gasteiger partial charge in [0.2, 0.25) is 0 Å². The summed E-state index contributed by atoms with van der Waals surface area (Å²) in [5, 5.41) is 8.99. The van der Waals surface area contributed by atoms with E-state index in [-0.39, 0.29) is 9.09 Å². The van der Waals surface area contributed by atoms with Crippen molar-refractivity contribution in [3.8, 4) is 0 Å². The first kappa shape index (κ1) is 15.6. The largest absolute Gasteiger partial charge is 0.477 e. The highest BCUT2D eigenvalue weighted by Gasteiger charge is 2.23. The van der Waals surface area contributed by atoms with E-state index in [9.17, 15) is 13.2 Å². The predicted molar refractivity (Wildman–Crippen MR) is 79.0 cm³/mol. The molecule has 0 aromatic carbocycles. The maximum absolute atomic E-state index is 12.3. The van der Waals surface area contributed by atoms with Crippen LogP contribution in [0, 0.1) is 6.92 Å². The van der Waals surface area contributed by atoms with E-state index in [1.165, 1.54) is 6.07 Å². The topological polar surface area (TPSA) is 96.4 Å². The number of rotatable bonds is 5. The van der Waals surface area contributed by atoms with Crippen LogP contribution in [0.2, 0.25) is 0 Å². The van der Waals surface area contributed by atoms with E-state index in [0.29, 0.717) is 5.56 Å². The van der Waals surface area contributed by atoms with Gasteiger partial charge in [-0.1, -0.05) is 6.07 Å². The zero-order valence-electron chi connectivity index (χ0n) is 11.4. The fourth-order valence-electron chi connectivity index (χ4n) is 1.79. The molecule has 2 aromatic heterocycles. The standard InChI is InChI=1S/C13H14N2O4S2/c1-8-6-11(20-12(8)13(16)17)21(18,19)15-9(2)10-4-3-5-14-7-10/h3-7,9,15H,1-2H3,(H,16,17)/t9-/m1/s1. The highest BCUT2D eigenvalue weighted by atomic mass is 32.2. The number of aromatic carboxylic acids is 1. The molecule has 21 heavy (non-hydrogen) atoms. The Kier molecular flexibility index (Phi) is 4.40. The molecule has 8 heteroatoms. The van der Waals surface area contributed by atoms with Crippen molar-refractivity contribution in [2.45, 2.75) is 24.1 Å². The van der Waals surface area contributed by atoms with Crippen LogP contribution in [0.1, 0.15) is 33.8 Å². The second kappa shape index (κ2) is 5.92. The summed E-state index contributed by atoms with van der Waals surface area (Å²) in [6.45, 7) is 3.27. The number of sulfonamides is 1. The van der Waals surface area contributed by atoms with Gasteiger partial charge < -0.3 is 5.11 Å². The molecule has 2 heterocycles. The molecule has 0 amide bonds. The average molecular weight is 326 g/mol. The number of carbonyl (C=O) groups is 1. The van der Waals surface area contributed by atoms with Gasteiger partial charge in [-0.2, -0.15) is 0 Å². The number of aryl methyl sites for hydroxylation is 1. The van der Waals surface area contributed by atoms with Crippen molar-refractivity contribution in [2.75, 3.05) is 0 Å². The summed E-state index contributed by atoms with van der Waals surface area (Å²) in [6, 6.07) is 4.40. The van der Waals surface area contributed by atoms with Crippen molar-refractivity contribution in [2.24, 2.45) is 0 Å². The van der Waals surface area contributed by atoms with Gasteiger partial charge in [-0.3, -0.25) is 4.98 Å². The van der Waals surface area contributed by atoms with E-state index in [2.05, 4.69) is 9.71 Å². The number of thiophene rings is 1.